The molecule has 0 fully saturated rings. The fourth-order valence-electron chi connectivity index (χ4n) is 2.64. The first-order valence-electron chi connectivity index (χ1n) is 7.81. The molecule has 0 aliphatic rings. The van der Waals surface area contributed by atoms with Crippen LogP contribution in [0.4, 0.5) is 5.95 Å². The number of aliphatic hydroxyl groups is 1. The topological polar surface area (TPSA) is 105 Å². The second-order valence-electron chi connectivity index (χ2n) is 5.51. The molecule has 0 bridgehead atoms. The Morgan fingerprint density at radius 3 is 2.96 bits per heavy atom. The molecule has 3 N–H and O–H groups in total. The molecular weight excluding hydrogens is 306 g/mol. The molecule has 0 aliphatic heterocycles. The molecule has 122 valence electrons. The number of para-hydroxylation sites is 2. The van der Waals surface area contributed by atoms with E-state index in [1.54, 1.807) is 12.7 Å². The van der Waals surface area contributed by atoms with Crippen LogP contribution in [0.5, 0.6) is 0 Å². The van der Waals surface area contributed by atoms with Crippen LogP contribution in [-0.4, -0.2) is 47.2 Å². The van der Waals surface area contributed by atoms with Gasteiger partial charge in [-0.3, -0.25) is 4.57 Å². The van der Waals surface area contributed by atoms with Crippen molar-refractivity contribution in [2.45, 2.75) is 19.4 Å². The zero-order chi connectivity index (χ0) is 16.5. The van der Waals surface area contributed by atoms with E-state index in [4.69, 9.17) is 0 Å². The summed E-state index contributed by atoms with van der Waals surface area (Å²) in [4.78, 5) is 20.8. The van der Waals surface area contributed by atoms with Crippen molar-refractivity contribution in [1.82, 2.24) is 29.5 Å². The van der Waals surface area contributed by atoms with Crippen molar-refractivity contribution in [3.63, 3.8) is 0 Å². The van der Waals surface area contributed by atoms with Crippen molar-refractivity contribution in [3.8, 4) is 5.82 Å². The van der Waals surface area contributed by atoms with Crippen LogP contribution in [-0.2, 0) is 0 Å². The van der Waals surface area contributed by atoms with E-state index in [2.05, 4.69) is 30.2 Å². The van der Waals surface area contributed by atoms with Crippen molar-refractivity contribution in [2.24, 2.45) is 0 Å². The van der Waals surface area contributed by atoms with Gasteiger partial charge in [-0.15, -0.1) is 0 Å². The summed E-state index contributed by atoms with van der Waals surface area (Å²) in [6, 6.07) is 7.75. The lowest BCUT2D eigenvalue weighted by molar-refractivity contribution is 0.271. The summed E-state index contributed by atoms with van der Waals surface area (Å²) in [5, 5.41) is 12.6. The standard InChI is InChI=1S/C16H17N7O/c1-2-10(7-24)20-16-21-14-13(17-8-18-14)15(22-16)23-9-19-11-5-3-4-6-12(11)23/h3-6,8-10,24H,2,7H2,1H3,(H2,17,18,20,21,22)/t10-/m0/s1. The first-order valence-corrected chi connectivity index (χ1v) is 7.81. The molecule has 0 unspecified atom stereocenters. The molecule has 8 heteroatoms. The second-order valence-corrected chi connectivity index (χ2v) is 5.51. The molecule has 8 nitrogen and oxygen atoms in total. The molecule has 24 heavy (non-hydrogen) atoms. The molecule has 4 rings (SSSR count). The number of nitrogens with one attached hydrogen (secondary N) is 2. The minimum absolute atomic E-state index is 0.0157. The molecule has 0 aliphatic carbocycles. The number of aliphatic hydroxyl groups excluding tert-OH is 1. The summed E-state index contributed by atoms with van der Waals surface area (Å²) in [6.45, 7) is 2.01. The largest absolute Gasteiger partial charge is 0.394 e. The van der Waals surface area contributed by atoms with Gasteiger partial charge in [-0.05, 0) is 18.6 Å². The van der Waals surface area contributed by atoms with Crippen molar-refractivity contribution in [2.75, 3.05) is 11.9 Å². The third-order valence-corrected chi connectivity index (χ3v) is 3.99. The lowest BCUT2D eigenvalue weighted by Gasteiger charge is -2.14. The molecule has 1 aromatic carbocycles. The summed E-state index contributed by atoms with van der Waals surface area (Å²) in [5.74, 6) is 1.10. The van der Waals surface area contributed by atoms with Gasteiger partial charge in [0.25, 0.3) is 0 Å². The quantitative estimate of drug-likeness (QED) is 0.518. The zero-order valence-electron chi connectivity index (χ0n) is 13.1. The number of nitrogens with zero attached hydrogens (tertiary/aromatic N) is 5. The van der Waals surface area contributed by atoms with Crippen molar-refractivity contribution in [3.05, 3.63) is 36.9 Å². The fraction of sp³-hybridized carbons (Fsp3) is 0.250. The van der Waals surface area contributed by atoms with E-state index in [-0.39, 0.29) is 12.6 Å². The van der Waals surface area contributed by atoms with E-state index in [0.717, 1.165) is 23.0 Å². The maximum Gasteiger partial charge on any atom is 0.227 e. The van der Waals surface area contributed by atoms with Crippen molar-refractivity contribution >= 4 is 28.1 Å². The van der Waals surface area contributed by atoms with Crippen molar-refractivity contribution in [1.29, 1.82) is 0 Å². The average molecular weight is 323 g/mol. The Morgan fingerprint density at radius 2 is 2.12 bits per heavy atom. The van der Waals surface area contributed by atoms with Gasteiger partial charge < -0.3 is 15.4 Å². The number of fused-ring (bicyclic) bond motifs is 2. The normalized spacial score (nSPS) is 12.8. The highest BCUT2D eigenvalue weighted by atomic mass is 16.3. The number of H-pyrrole nitrogens is 1. The number of anilines is 1. The van der Waals surface area contributed by atoms with Gasteiger partial charge in [0.2, 0.25) is 5.95 Å². The third kappa shape index (κ3) is 2.37. The first-order chi connectivity index (χ1) is 11.8. The molecule has 0 saturated heterocycles. The van der Waals surface area contributed by atoms with Gasteiger partial charge in [-0.25, -0.2) is 9.97 Å². The number of hydrogen-bond acceptors (Lipinski definition) is 6. The number of aromatic nitrogens is 6. The molecule has 0 spiro atoms. The van der Waals surface area contributed by atoms with Crippen molar-refractivity contribution < 1.29 is 5.11 Å². The minimum atomic E-state index is -0.103. The molecule has 4 aromatic rings. The summed E-state index contributed by atoms with van der Waals surface area (Å²) < 4.78 is 1.91. The number of hydrogen-bond donors (Lipinski definition) is 3. The van der Waals surface area contributed by atoms with Gasteiger partial charge in [0.15, 0.2) is 11.5 Å². The number of rotatable bonds is 5. The SMILES string of the molecule is CC[C@@H](CO)Nc1nc(-n2cnc3ccccc32)c2[nH]cnc2n1. The molecular formula is C16H17N7O. The lowest BCUT2D eigenvalue weighted by Crippen LogP contribution is -2.24. The predicted molar refractivity (Wildman–Crippen MR) is 91.1 cm³/mol. The molecule has 1 atom stereocenters. The lowest BCUT2D eigenvalue weighted by atomic mass is 10.2. The van der Waals surface area contributed by atoms with Gasteiger partial charge in [0, 0.05) is 0 Å². The molecule has 3 aromatic heterocycles. The number of benzene rings is 1. The summed E-state index contributed by atoms with van der Waals surface area (Å²) in [6.07, 6.45) is 4.09. The van der Waals surface area contributed by atoms with Crippen LogP contribution in [0.25, 0.3) is 28.0 Å². The Balaban J connectivity index is 1.89. The van der Waals surface area contributed by atoms with Crippen LogP contribution >= 0.6 is 0 Å². The zero-order valence-corrected chi connectivity index (χ0v) is 13.1. The van der Waals surface area contributed by atoms with Gasteiger partial charge in [-0.1, -0.05) is 19.1 Å². The van der Waals surface area contributed by atoms with Gasteiger partial charge in [-0.2, -0.15) is 9.97 Å². The molecule has 3 heterocycles. The van der Waals surface area contributed by atoms with E-state index >= 15 is 0 Å². The van der Waals surface area contributed by atoms with Crippen LogP contribution in [0.3, 0.4) is 0 Å². The van der Waals surface area contributed by atoms with Gasteiger partial charge in [0.05, 0.1) is 30.0 Å². The second kappa shape index (κ2) is 5.89. The van der Waals surface area contributed by atoms with Gasteiger partial charge in [0.1, 0.15) is 11.8 Å². The highest BCUT2D eigenvalue weighted by molar-refractivity contribution is 5.84. The summed E-state index contributed by atoms with van der Waals surface area (Å²) in [7, 11) is 0. The van der Waals surface area contributed by atoms with Crippen LogP contribution < -0.4 is 5.32 Å². The number of aromatic amines is 1. The summed E-state index contributed by atoms with van der Waals surface area (Å²) in [5.41, 5.74) is 3.14. The molecule has 0 amide bonds. The monoisotopic (exact) mass is 323 g/mol. The van der Waals surface area contributed by atoms with E-state index in [1.165, 1.54) is 0 Å². The molecule has 0 radical (unpaired) electrons. The predicted octanol–water partition coefficient (Wildman–Crippen LogP) is 1.87. The minimum Gasteiger partial charge on any atom is -0.394 e. The van der Waals surface area contributed by atoms with Crippen LogP contribution in [0, 0.1) is 0 Å². The number of imidazole rings is 2. The highest BCUT2D eigenvalue weighted by Crippen LogP contribution is 2.22. The van der Waals surface area contributed by atoms with Crippen LogP contribution in [0.15, 0.2) is 36.9 Å². The maximum absolute atomic E-state index is 9.40. The van der Waals surface area contributed by atoms with Crippen LogP contribution in [0.2, 0.25) is 0 Å². The smallest absolute Gasteiger partial charge is 0.227 e. The Labute approximate surface area is 137 Å². The summed E-state index contributed by atoms with van der Waals surface area (Å²) >= 11 is 0. The Morgan fingerprint density at radius 1 is 1.25 bits per heavy atom. The Kier molecular flexibility index (Phi) is 3.58. The Bertz CT molecular complexity index is 986. The van der Waals surface area contributed by atoms with Gasteiger partial charge >= 0.3 is 0 Å². The molecule has 0 saturated carbocycles. The average Bonchev–Trinajstić information content (AvgIpc) is 3.25. The van der Waals surface area contributed by atoms with E-state index in [9.17, 15) is 5.11 Å². The fourth-order valence-corrected chi connectivity index (χ4v) is 2.64. The van der Waals surface area contributed by atoms with Crippen LogP contribution in [0.1, 0.15) is 13.3 Å². The maximum atomic E-state index is 9.40. The Hall–Kier alpha value is -3.00. The van der Waals surface area contributed by atoms with E-state index < -0.39 is 0 Å². The van der Waals surface area contributed by atoms with E-state index in [0.29, 0.717) is 17.4 Å². The third-order valence-electron chi connectivity index (χ3n) is 3.99. The van der Waals surface area contributed by atoms with E-state index in [1.807, 2.05) is 35.8 Å². The first kappa shape index (κ1) is 14.6. The highest BCUT2D eigenvalue weighted by Gasteiger charge is 2.15.